The Kier molecular flexibility index (Phi) is 8.31. The Balaban J connectivity index is 1.58. The molecule has 0 radical (unpaired) electrons. The molecule has 2 aromatic carbocycles. The molecule has 4 rings (SSSR count). The highest BCUT2D eigenvalue weighted by molar-refractivity contribution is 7.92. The molecule has 2 fully saturated rings. The van der Waals surface area contributed by atoms with Crippen LogP contribution in [0.3, 0.4) is 0 Å². The van der Waals surface area contributed by atoms with E-state index in [0.29, 0.717) is 16.4 Å². The van der Waals surface area contributed by atoms with Crippen LogP contribution in [0.5, 0.6) is 0 Å². The average Bonchev–Trinajstić information content (AvgIpc) is 3.70. The monoisotopic (exact) mass is 590 g/mol. The second-order valence-electron chi connectivity index (χ2n) is 9.66. The van der Waals surface area contributed by atoms with Gasteiger partial charge in [-0.15, -0.1) is 0 Å². The zero-order valence-corrected chi connectivity index (χ0v) is 22.3. The number of carbonyl (C=O) groups excluding carboxylic acids is 2. The molecule has 2 aromatic rings. The van der Waals surface area contributed by atoms with Crippen LogP contribution in [0.1, 0.15) is 31.2 Å². The van der Waals surface area contributed by atoms with Gasteiger partial charge in [0.25, 0.3) is 10.0 Å². The third-order valence-corrected chi connectivity index (χ3v) is 8.60. The van der Waals surface area contributed by atoms with Crippen molar-refractivity contribution in [2.75, 3.05) is 30.5 Å². The highest BCUT2D eigenvalue weighted by atomic mass is 35.5. The molecule has 3 amide bonds. The lowest BCUT2D eigenvalue weighted by Gasteiger charge is -2.38. The van der Waals surface area contributed by atoms with Crippen molar-refractivity contribution in [3.05, 3.63) is 59.1 Å². The molecule has 1 aliphatic heterocycles. The molecule has 1 saturated carbocycles. The van der Waals surface area contributed by atoms with Crippen molar-refractivity contribution in [3.8, 4) is 0 Å². The van der Waals surface area contributed by atoms with Crippen LogP contribution in [-0.2, 0) is 21.0 Å². The number of sulfonamides is 1. The number of urea groups is 1. The second-order valence-corrected chi connectivity index (χ2v) is 11.9. The van der Waals surface area contributed by atoms with Crippen LogP contribution in [0.2, 0.25) is 5.02 Å². The number of hydrogen-bond acceptors (Lipinski definition) is 4. The van der Waals surface area contributed by atoms with Crippen molar-refractivity contribution in [1.82, 2.24) is 15.5 Å². The number of rotatable bonds is 8. The minimum absolute atomic E-state index is 0.0615. The van der Waals surface area contributed by atoms with Crippen LogP contribution in [0, 0.1) is 0 Å². The largest absolute Gasteiger partial charge is 0.416 e. The van der Waals surface area contributed by atoms with Crippen LogP contribution >= 0.6 is 11.6 Å². The average molecular weight is 591 g/mol. The molecule has 1 unspecified atom stereocenters. The maximum atomic E-state index is 15.6. The first-order valence-corrected chi connectivity index (χ1v) is 14.1. The van der Waals surface area contributed by atoms with E-state index in [2.05, 4.69) is 10.6 Å². The number of amides is 3. The zero-order valence-electron chi connectivity index (χ0n) is 20.7. The minimum atomic E-state index is -4.80. The number of hydrogen-bond donors (Lipinski definition) is 2. The van der Waals surface area contributed by atoms with Crippen LogP contribution < -0.4 is 14.9 Å². The zero-order chi connectivity index (χ0) is 28.4. The number of piperidine rings is 1. The third-order valence-electron chi connectivity index (χ3n) is 6.51. The quantitative estimate of drug-likeness (QED) is 0.447. The van der Waals surface area contributed by atoms with E-state index >= 15 is 4.39 Å². The minimum Gasteiger partial charge on any atom is -0.338 e. The Hall–Kier alpha value is -3.06. The van der Waals surface area contributed by atoms with Gasteiger partial charge in [-0.3, -0.25) is 9.10 Å². The summed E-state index contributed by atoms with van der Waals surface area (Å²) in [5.41, 5.74) is -3.66. The van der Waals surface area contributed by atoms with Crippen LogP contribution in [-0.4, -0.2) is 63.1 Å². The number of carbonyl (C=O) groups is 2. The summed E-state index contributed by atoms with van der Waals surface area (Å²) in [5, 5.41) is 4.83. The molecule has 2 N–H and O–H groups in total. The van der Waals surface area contributed by atoms with E-state index in [1.807, 2.05) is 0 Å². The standard InChI is InChI=1S/C25H27ClF4N4O4S/c26-20-10-7-17(25(28,29)30)13-21(20)34(39(37,38)19-5-2-1-3-6-19)14-22(35)33-12-4-11-24(27,16-33)15-31-23(36)32-18-8-9-18/h1-3,5-7,10,13,18H,4,8-9,11-12,14-16H2,(H2,31,32,36). The molecule has 2 aliphatic rings. The Morgan fingerprint density at radius 1 is 1.13 bits per heavy atom. The first kappa shape index (κ1) is 28.9. The topological polar surface area (TPSA) is 98.8 Å². The molecule has 14 heteroatoms. The van der Waals surface area contributed by atoms with Crippen molar-refractivity contribution < 1.29 is 35.6 Å². The van der Waals surface area contributed by atoms with Gasteiger partial charge in [-0.05, 0) is 56.0 Å². The van der Waals surface area contributed by atoms with E-state index in [4.69, 9.17) is 11.6 Å². The summed E-state index contributed by atoms with van der Waals surface area (Å²) in [4.78, 5) is 26.1. The van der Waals surface area contributed by atoms with Crippen molar-refractivity contribution >= 4 is 39.2 Å². The van der Waals surface area contributed by atoms with Crippen LogP contribution in [0.25, 0.3) is 0 Å². The molecule has 1 atom stereocenters. The molecule has 0 bridgehead atoms. The van der Waals surface area contributed by atoms with Gasteiger partial charge in [-0.1, -0.05) is 29.8 Å². The first-order chi connectivity index (χ1) is 18.3. The SMILES string of the molecule is O=C(NCC1(F)CCCN(C(=O)CN(c2cc(C(F)(F)F)ccc2Cl)S(=O)(=O)c2ccccc2)C1)NC1CC1. The lowest BCUT2D eigenvalue weighted by atomic mass is 9.94. The van der Waals surface area contributed by atoms with E-state index in [9.17, 15) is 31.2 Å². The summed E-state index contributed by atoms with van der Waals surface area (Å²) in [5.74, 6) is -0.827. The molecule has 1 aliphatic carbocycles. The van der Waals surface area contributed by atoms with Gasteiger partial charge < -0.3 is 15.5 Å². The number of anilines is 1. The fourth-order valence-electron chi connectivity index (χ4n) is 4.27. The Labute approximate surface area is 228 Å². The van der Waals surface area contributed by atoms with Crippen LogP contribution in [0.4, 0.5) is 28.0 Å². The molecular weight excluding hydrogens is 564 g/mol. The molecule has 0 spiro atoms. The molecule has 1 saturated heterocycles. The van der Waals surface area contributed by atoms with Gasteiger partial charge in [-0.2, -0.15) is 13.2 Å². The van der Waals surface area contributed by atoms with E-state index in [1.54, 1.807) is 6.07 Å². The highest BCUT2D eigenvalue weighted by Gasteiger charge is 2.40. The number of nitrogens with zero attached hydrogens (tertiary/aromatic N) is 2. The predicted octanol–water partition coefficient (Wildman–Crippen LogP) is 4.35. The summed E-state index contributed by atoms with van der Waals surface area (Å²) in [7, 11) is -4.55. The Morgan fingerprint density at radius 3 is 2.46 bits per heavy atom. The van der Waals surface area contributed by atoms with Gasteiger partial charge in [0.05, 0.1) is 34.3 Å². The van der Waals surface area contributed by atoms with E-state index in [0.717, 1.165) is 23.8 Å². The smallest absolute Gasteiger partial charge is 0.338 e. The van der Waals surface area contributed by atoms with Gasteiger partial charge in [0.15, 0.2) is 0 Å². The van der Waals surface area contributed by atoms with Gasteiger partial charge in [0.2, 0.25) is 5.91 Å². The molecule has 212 valence electrons. The van der Waals surface area contributed by atoms with Crippen molar-refractivity contribution in [3.63, 3.8) is 0 Å². The van der Waals surface area contributed by atoms with Crippen molar-refractivity contribution in [2.45, 2.75) is 48.5 Å². The lowest BCUT2D eigenvalue weighted by molar-refractivity contribution is -0.137. The number of benzene rings is 2. The maximum absolute atomic E-state index is 15.6. The fraction of sp³-hybridized carbons (Fsp3) is 0.440. The van der Waals surface area contributed by atoms with Crippen molar-refractivity contribution in [2.24, 2.45) is 0 Å². The van der Waals surface area contributed by atoms with E-state index in [1.165, 1.54) is 24.3 Å². The summed E-state index contributed by atoms with van der Waals surface area (Å²) >= 11 is 6.16. The Bertz CT molecular complexity index is 1330. The Morgan fingerprint density at radius 2 is 1.82 bits per heavy atom. The molecule has 1 heterocycles. The van der Waals surface area contributed by atoms with Gasteiger partial charge >= 0.3 is 12.2 Å². The summed E-state index contributed by atoms with van der Waals surface area (Å²) in [6.45, 7) is -1.59. The molecule has 8 nitrogen and oxygen atoms in total. The van der Waals surface area contributed by atoms with Gasteiger partial charge in [-0.25, -0.2) is 17.6 Å². The first-order valence-electron chi connectivity index (χ1n) is 12.2. The highest BCUT2D eigenvalue weighted by Crippen LogP contribution is 2.37. The number of likely N-dealkylation sites (tertiary alicyclic amines) is 1. The molecule has 39 heavy (non-hydrogen) atoms. The fourth-order valence-corrected chi connectivity index (χ4v) is 5.98. The number of nitrogens with one attached hydrogen (secondary N) is 2. The third kappa shape index (κ3) is 7.13. The summed E-state index contributed by atoms with van der Waals surface area (Å²) in [6, 6.07) is 8.61. The summed E-state index contributed by atoms with van der Waals surface area (Å²) < 4.78 is 83.6. The van der Waals surface area contributed by atoms with Gasteiger partial charge in [0, 0.05) is 12.6 Å². The van der Waals surface area contributed by atoms with Gasteiger partial charge in [0.1, 0.15) is 12.2 Å². The summed E-state index contributed by atoms with van der Waals surface area (Å²) in [6.07, 6.45) is -2.79. The van der Waals surface area contributed by atoms with E-state index < -0.39 is 58.1 Å². The maximum Gasteiger partial charge on any atom is 0.416 e. The van der Waals surface area contributed by atoms with E-state index in [-0.39, 0.29) is 41.9 Å². The normalized spacial score (nSPS) is 19.9. The van der Waals surface area contributed by atoms with Crippen molar-refractivity contribution in [1.29, 1.82) is 0 Å². The van der Waals surface area contributed by atoms with Crippen LogP contribution in [0.15, 0.2) is 53.4 Å². The number of halogens is 5. The molecule has 0 aromatic heterocycles. The predicted molar refractivity (Wildman–Crippen MR) is 137 cm³/mol. The number of alkyl halides is 4. The second kappa shape index (κ2) is 11.2. The molecular formula is C25H27ClF4N4O4S. The lowest BCUT2D eigenvalue weighted by Crippen LogP contribution is -2.56.